The number of benzene rings is 2. The molecule has 0 atom stereocenters. The van der Waals surface area contributed by atoms with Crippen molar-refractivity contribution in [3.05, 3.63) is 71.9 Å². The van der Waals surface area contributed by atoms with E-state index in [9.17, 15) is 4.79 Å². The van der Waals surface area contributed by atoms with E-state index in [0.717, 1.165) is 48.7 Å². The zero-order chi connectivity index (χ0) is 21.6. The Balaban J connectivity index is 1.33. The highest BCUT2D eigenvalue weighted by atomic mass is 16.5. The van der Waals surface area contributed by atoms with Gasteiger partial charge in [0.25, 0.3) is 5.91 Å². The van der Waals surface area contributed by atoms with Crippen LogP contribution in [0.1, 0.15) is 28.8 Å². The summed E-state index contributed by atoms with van der Waals surface area (Å²) >= 11 is 0. The molecular formula is C24H27N5O2. The summed E-state index contributed by atoms with van der Waals surface area (Å²) in [6.45, 7) is 3.65. The first kappa shape index (κ1) is 20.7. The van der Waals surface area contributed by atoms with Gasteiger partial charge in [0, 0.05) is 36.6 Å². The first-order chi connectivity index (χ1) is 15.1. The van der Waals surface area contributed by atoms with E-state index in [1.54, 1.807) is 37.6 Å². The Morgan fingerprint density at radius 2 is 1.81 bits per heavy atom. The number of para-hydroxylation sites is 1. The minimum Gasteiger partial charge on any atom is -0.497 e. The number of hydrogen-bond acceptors (Lipinski definition) is 6. The molecule has 2 N–H and O–H groups in total. The average Bonchev–Trinajstić information content (AvgIpc) is 2.81. The molecule has 7 heteroatoms. The summed E-state index contributed by atoms with van der Waals surface area (Å²) in [5, 5.41) is 6.50. The summed E-state index contributed by atoms with van der Waals surface area (Å²) in [6, 6.07) is 17.3. The normalized spacial score (nSPS) is 14.2. The van der Waals surface area contributed by atoms with Crippen molar-refractivity contribution in [3.8, 4) is 5.75 Å². The number of rotatable bonds is 6. The quantitative estimate of drug-likeness (QED) is 0.633. The molecule has 0 saturated carbocycles. The Labute approximate surface area is 182 Å². The van der Waals surface area contributed by atoms with Gasteiger partial charge in [-0.2, -0.15) is 4.98 Å². The maximum absolute atomic E-state index is 12.5. The molecule has 31 heavy (non-hydrogen) atoms. The van der Waals surface area contributed by atoms with E-state index >= 15 is 0 Å². The number of anilines is 3. The maximum Gasteiger partial charge on any atom is 0.251 e. The number of carbonyl (C=O) groups excluding carboxylic acids is 1. The van der Waals surface area contributed by atoms with Crippen LogP contribution in [-0.4, -0.2) is 42.1 Å². The van der Waals surface area contributed by atoms with Crippen LogP contribution in [0, 0.1) is 6.92 Å². The van der Waals surface area contributed by atoms with E-state index in [1.807, 2.05) is 24.3 Å². The lowest BCUT2D eigenvalue weighted by Gasteiger charge is -2.32. The molecular weight excluding hydrogens is 390 g/mol. The number of piperidine rings is 1. The van der Waals surface area contributed by atoms with Crippen LogP contribution in [0.25, 0.3) is 0 Å². The Morgan fingerprint density at radius 1 is 1.06 bits per heavy atom. The topological polar surface area (TPSA) is 79.4 Å². The number of nitrogens with zero attached hydrogens (tertiary/aromatic N) is 3. The molecule has 7 nitrogen and oxygen atoms in total. The fourth-order valence-electron chi connectivity index (χ4n) is 3.66. The Kier molecular flexibility index (Phi) is 6.31. The lowest BCUT2D eigenvalue weighted by molar-refractivity contribution is 0.0931. The SMILES string of the molecule is COc1ccc(C(=O)NC2CCN(c3nccc(Nc4ccccc4C)n3)CC2)cc1. The third-order valence-corrected chi connectivity index (χ3v) is 5.52. The van der Waals surface area contributed by atoms with Crippen LogP contribution in [0.15, 0.2) is 60.8 Å². The van der Waals surface area contributed by atoms with Crippen LogP contribution in [0.4, 0.5) is 17.5 Å². The number of methoxy groups -OCH3 is 1. The molecule has 160 valence electrons. The number of aryl methyl sites for hydroxylation is 1. The highest BCUT2D eigenvalue weighted by Crippen LogP contribution is 2.22. The summed E-state index contributed by atoms with van der Waals surface area (Å²) in [5.74, 6) is 2.17. The second-order valence-corrected chi connectivity index (χ2v) is 7.65. The van der Waals surface area contributed by atoms with E-state index < -0.39 is 0 Å². The van der Waals surface area contributed by atoms with E-state index in [-0.39, 0.29) is 11.9 Å². The molecule has 2 aromatic carbocycles. The average molecular weight is 418 g/mol. The number of ether oxygens (including phenoxy) is 1. The van der Waals surface area contributed by atoms with Crippen LogP contribution in [0.3, 0.4) is 0 Å². The maximum atomic E-state index is 12.5. The van der Waals surface area contributed by atoms with Gasteiger partial charge in [-0.1, -0.05) is 18.2 Å². The Hall–Kier alpha value is -3.61. The van der Waals surface area contributed by atoms with Crippen molar-refractivity contribution in [2.75, 3.05) is 30.4 Å². The van der Waals surface area contributed by atoms with Crippen LogP contribution < -0.4 is 20.3 Å². The van der Waals surface area contributed by atoms with Crippen molar-refractivity contribution in [1.29, 1.82) is 0 Å². The van der Waals surface area contributed by atoms with E-state index in [4.69, 9.17) is 4.74 Å². The molecule has 1 aliphatic heterocycles. The van der Waals surface area contributed by atoms with Gasteiger partial charge in [0.15, 0.2) is 0 Å². The molecule has 4 rings (SSSR count). The summed E-state index contributed by atoms with van der Waals surface area (Å²) in [4.78, 5) is 23.8. The van der Waals surface area contributed by atoms with Gasteiger partial charge in [0.05, 0.1) is 7.11 Å². The lowest BCUT2D eigenvalue weighted by Crippen LogP contribution is -2.45. The van der Waals surface area contributed by atoms with Crippen molar-refractivity contribution in [1.82, 2.24) is 15.3 Å². The molecule has 1 amide bonds. The summed E-state index contributed by atoms with van der Waals surface area (Å²) in [6.07, 6.45) is 3.47. The lowest BCUT2D eigenvalue weighted by atomic mass is 10.0. The summed E-state index contributed by atoms with van der Waals surface area (Å²) < 4.78 is 5.15. The minimum absolute atomic E-state index is 0.0539. The Morgan fingerprint density at radius 3 is 2.52 bits per heavy atom. The van der Waals surface area contributed by atoms with Gasteiger partial charge in [-0.3, -0.25) is 4.79 Å². The second-order valence-electron chi connectivity index (χ2n) is 7.65. The molecule has 1 aliphatic rings. The fourth-order valence-corrected chi connectivity index (χ4v) is 3.66. The number of carbonyl (C=O) groups is 1. The third kappa shape index (κ3) is 5.12. The molecule has 1 fully saturated rings. The first-order valence-corrected chi connectivity index (χ1v) is 10.5. The molecule has 0 aliphatic carbocycles. The standard InChI is InChI=1S/C24H27N5O2/c1-17-5-3-4-6-21(17)27-22-11-14-25-24(28-22)29-15-12-19(13-16-29)26-23(30)18-7-9-20(31-2)10-8-18/h3-11,14,19H,12-13,15-16H2,1-2H3,(H,26,30)(H,25,27,28). The van der Waals surface area contributed by atoms with Gasteiger partial charge in [-0.25, -0.2) is 4.98 Å². The Bertz CT molecular complexity index is 1030. The van der Waals surface area contributed by atoms with Crippen molar-refractivity contribution in [3.63, 3.8) is 0 Å². The van der Waals surface area contributed by atoms with E-state index in [2.05, 4.69) is 38.5 Å². The number of amides is 1. The number of hydrogen-bond donors (Lipinski definition) is 2. The van der Waals surface area contributed by atoms with Crippen molar-refractivity contribution in [2.45, 2.75) is 25.8 Å². The number of nitrogens with one attached hydrogen (secondary N) is 2. The molecule has 0 radical (unpaired) electrons. The van der Waals surface area contributed by atoms with Gasteiger partial charge >= 0.3 is 0 Å². The summed E-state index contributed by atoms with van der Waals surface area (Å²) in [7, 11) is 1.61. The van der Waals surface area contributed by atoms with Crippen LogP contribution in [0.2, 0.25) is 0 Å². The first-order valence-electron chi connectivity index (χ1n) is 10.5. The van der Waals surface area contributed by atoms with Gasteiger partial charge in [0.1, 0.15) is 11.6 Å². The molecule has 0 bridgehead atoms. The third-order valence-electron chi connectivity index (χ3n) is 5.52. The molecule has 3 aromatic rings. The van der Waals surface area contributed by atoms with Gasteiger partial charge in [0.2, 0.25) is 5.95 Å². The fraction of sp³-hybridized carbons (Fsp3) is 0.292. The molecule has 0 spiro atoms. The second kappa shape index (κ2) is 9.47. The zero-order valence-electron chi connectivity index (χ0n) is 17.8. The van der Waals surface area contributed by atoms with E-state index in [1.165, 1.54) is 0 Å². The van der Waals surface area contributed by atoms with Crippen LogP contribution in [-0.2, 0) is 0 Å². The highest BCUT2D eigenvalue weighted by Gasteiger charge is 2.23. The predicted molar refractivity (Wildman–Crippen MR) is 122 cm³/mol. The molecule has 1 aromatic heterocycles. The van der Waals surface area contributed by atoms with Gasteiger partial charge in [-0.15, -0.1) is 0 Å². The smallest absolute Gasteiger partial charge is 0.251 e. The van der Waals surface area contributed by atoms with Crippen LogP contribution >= 0.6 is 0 Å². The van der Waals surface area contributed by atoms with Crippen molar-refractivity contribution < 1.29 is 9.53 Å². The van der Waals surface area contributed by atoms with Gasteiger partial charge < -0.3 is 20.3 Å². The molecule has 1 saturated heterocycles. The monoisotopic (exact) mass is 417 g/mol. The highest BCUT2D eigenvalue weighted by molar-refractivity contribution is 5.94. The largest absolute Gasteiger partial charge is 0.497 e. The molecule has 0 unspecified atom stereocenters. The zero-order valence-corrected chi connectivity index (χ0v) is 17.8. The minimum atomic E-state index is -0.0539. The number of aromatic nitrogens is 2. The van der Waals surface area contributed by atoms with Gasteiger partial charge in [-0.05, 0) is 61.7 Å². The van der Waals surface area contributed by atoms with Crippen molar-refractivity contribution in [2.24, 2.45) is 0 Å². The van der Waals surface area contributed by atoms with Crippen molar-refractivity contribution >= 4 is 23.4 Å². The summed E-state index contributed by atoms with van der Waals surface area (Å²) in [5.41, 5.74) is 2.84. The predicted octanol–water partition coefficient (Wildman–Crippen LogP) is 3.94. The van der Waals surface area contributed by atoms with Crippen LogP contribution in [0.5, 0.6) is 5.75 Å². The molecule has 2 heterocycles. The van der Waals surface area contributed by atoms with E-state index in [0.29, 0.717) is 11.5 Å².